The number of thiophene rings is 1. The molecule has 6 nitrogen and oxygen atoms in total. The summed E-state index contributed by atoms with van der Waals surface area (Å²) in [6, 6.07) is 10.8. The van der Waals surface area contributed by atoms with E-state index in [1.807, 2.05) is 50.5 Å². The number of rotatable bonds is 8. The average molecular weight is 420 g/mol. The monoisotopic (exact) mass is 419 g/mol. The number of hydrogen-bond acceptors (Lipinski definition) is 5. The van der Waals surface area contributed by atoms with E-state index in [2.05, 4.69) is 5.10 Å². The number of carbonyl (C=O) groups is 1. The molecule has 1 aromatic carbocycles. The Morgan fingerprint density at radius 3 is 2.68 bits per heavy atom. The van der Waals surface area contributed by atoms with Gasteiger partial charge in [0.25, 0.3) is 5.91 Å². The number of benzene rings is 1. The Bertz CT molecular complexity index is 923. The molecular weight excluding hydrogens is 398 g/mol. The molecule has 0 aliphatic carbocycles. The van der Waals surface area contributed by atoms with Crippen LogP contribution in [0.25, 0.3) is 5.69 Å². The van der Waals surface area contributed by atoms with Crippen LogP contribution in [0.3, 0.4) is 0 Å². The lowest BCUT2D eigenvalue weighted by molar-refractivity contribution is -0.146. The molecule has 1 unspecified atom stereocenters. The smallest absolute Gasteiger partial charge is 0.288 e. The van der Waals surface area contributed by atoms with Crippen LogP contribution in [0.1, 0.15) is 29.1 Å². The standard InChI is InChI=1S/C20H22ClN3O3S/c1-4-27-24(20(25)19-14(2)10-12-28-19)15(3)13-26-18-9-11-23(22-18)17-7-5-16(21)6-8-17/h5-12,15H,4,13H2,1-3H3. The van der Waals surface area contributed by atoms with Crippen molar-refractivity contribution in [2.75, 3.05) is 13.2 Å². The van der Waals surface area contributed by atoms with E-state index in [9.17, 15) is 4.79 Å². The SMILES string of the molecule is CCON(C(=O)c1sccc1C)C(C)COc1ccn(-c2ccc(Cl)cc2)n1. The zero-order chi connectivity index (χ0) is 20.1. The Balaban J connectivity index is 1.64. The molecule has 0 saturated carbocycles. The maximum atomic E-state index is 12.8. The second-order valence-electron chi connectivity index (χ2n) is 6.22. The fourth-order valence-electron chi connectivity index (χ4n) is 2.61. The van der Waals surface area contributed by atoms with Crippen molar-refractivity contribution in [2.45, 2.75) is 26.8 Å². The maximum Gasteiger partial charge on any atom is 0.288 e. The van der Waals surface area contributed by atoms with Gasteiger partial charge in [-0.3, -0.25) is 9.63 Å². The molecule has 0 spiro atoms. The summed E-state index contributed by atoms with van der Waals surface area (Å²) in [5, 5.41) is 8.36. The van der Waals surface area contributed by atoms with Crippen molar-refractivity contribution >= 4 is 28.8 Å². The normalized spacial score (nSPS) is 12.0. The highest BCUT2D eigenvalue weighted by Crippen LogP contribution is 2.20. The molecule has 28 heavy (non-hydrogen) atoms. The lowest BCUT2D eigenvalue weighted by atomic mass is 10.2. The van der Waals surface area contributed by atoms with Crippen molar-refractivity contribution in [3.05, 3.63) is 63.4 Å². The van der Waals surface area contributed by atoms with Crippen molar-refractivity contribution < 1.29 is 14.4 Å². The number of nitrogens with zero attached hydrogens (tertiary/aromatic N) is 3. The molecule has 0 N–H and O–H groups in total. The molecule has 1 atom stereocenters. The van der Waals surface area contributed by atoms with Crippen LogP contribution in [0.15, 0.2) is 48.0 Å². The van der Waals surface area contributed by atoms with Gasteiger partial charge in [-0.2, -0.15) is 0 Å². The van der Waals surface area contributed by atoms with Crippen LogP contribution in [0.5, 0.6) is 5.88 Å². The second kappa shape index (κ2) is 9.23. The van der Waals surface area contributed by atoms with Gasteiger partial charge < -0.3 is 4.74 Å². The Morgan fingerprint density at radius 2 is 2.04 bits per heavy atom. The predicted molar refractivity (Wildman–Crippen MR) is 110 cm³/mol. The lowest BCUT2D eigenvalue weighted by Gasteiger charge is -2.27. The highest BCUT2D eigenvalue weighted by molar-refractivity contribution is 7.12. The summed E-state index contributed by atoms with van der Waals surface area (Å²) >= 11 is 7.33. The first kappa shape index (κ1) is 20.4. The van der Waals surface area contributed by atoms with Crippen LogP contribution in [0.4, 0.5) is 0 Å². The van der Waals surface area contributed by atoms with Gasteiger partial charge in [0.15, 0.2) is 0 Å². The zero-order valence-corrected chi connectivity index (χ0v) is 17.5. The van der Waals surface area contributed by atoms with E-state index >= 15 is 0 Å². The van der Waals surface area contributed by atoms with Gasteiger partial charge >= 0.3 is 0 Å². The van der Waals surface area contributed by atoms with Gasteiger partial charge in [-0.25, -0.2) is 9.75 Å². The summed E-state index contributed by atoms with van der Waals surface area (Å²) in [5.74, 6) is 0.315. The first-order valence-corrected chi connectivity index (χ1v) is 10.2. The number of hydrogen-bond donors (Lipinski definition) is 0. The molecule has 0 aliphatic rings. The van der Waals surface area contributed by atoms with Crippen LogP contribution in [0, 0.1) is 6.92 Å². The molecule has 8 heteroatoms. The van der Waals surface area contributed by atoms with Gasteiger partial charge in [-0.1, -0.05) is 11.6 Å². The number of aromatic nitrogens is 2. The van der Waals surface area contributed by atoms with Gasteiger partial charge in [-0.15, -0.1) is 16.4 Å². The van der Waals surface area contributed by atoms with Gasteiger partial charge in [0.1, 0.15) is 6.61 Å². The Kier molecular flexibility index (Phi) is 6.72. The number of ether oxygens (including phenoxy) is 1. The third kappa shape index (κ3) is 4.73. The lowest BCUT2D eigenvalue weighted by Crippen LogP contribution is -2.41. The minimum absolute atomic E-state index is 0.155. The number of halogens is 1. The van der Waals surface area contributed by atoms with Crippen molar-refractivity contribution in [2.24, 2.45) is 0 Å². The number of hydroxylamine groups is 2. The largest absolute Gasteiger partial charge is 0.474 e. The fraction of sp³-hybridized carbons (Fsp3) is 0.300. The van der Waals surface area contributed by atoms with E-state index in [-0.39, 0.29) is 18.6 Å². The molecule has 3 aromatic rings. The van der Waals surface area contributed by atoms with Crippen molar-refractivity contribution in [3.8, 4) is 11.6 Å². The topological polar surface area (TPSA) is 56.6 Å². The van der Waals surface area contributed by atoms with Crippen LogP contribution in [-0.4, -0.2) is 40.0 Å². The first-order chi connectivity index (χ1) is 13.5. The Labute approximate surface area is 173 Å². The van der Waals surface area contributed by atoms with E-state index in [1.54, 1.807) is 22.9 Å². The molecule has 0 radical (unpaired) electrons. The molecule has 3 rings (SSSR count). The van der Waals surface area contributed by atoms with Crippen LogP contribution >= 0.6 is 22.9 Å². The van der Waals surface area contributed by atoms with Crippen molar-refractivity contribution in [3.63, 3.8) is 0 Å². The Hall–Kier alpha value is -2.35. The number of carbonyl (C=O) groups excluding carboxylic acids is 1. The van der Waals surface area contributed by atoms with Crippen molar-refractivity contribution in [1.29, 1.82) is 0 Å². The molecule has 0 saturated heterocycles. The second-order valence-corrected chi connectivity index (χ2v) is 7.57. The summed E-state index contributed by atoms with van der Waals surface area (Å²) in [4.78, 5) is 19.1. The summed E-state index contributed by atoms with van der Waals surface area (Å²) in [5.41, 5.74) is 1.82. The van der Waals surface area contributed by atoms with Crippen LogP contribution in [0.2, 0.25) is 5.02 Å². The summed E-state index contributed by atoms with van der Waals surface area (Å²) in [6.45, 7) is 6.30. The van der Waals surface area contributed by atoms with E-state index in [0.717, 1.165) is 11.3 Å². The number of aryl methyl sites for hydroxylation is 1. The minimum atomic E-state index is -0.283. The molecule has 2 aromatic heterocycles. The molecule has 148 valence electrons. The fourth-order valence-corrected chi connectivity index (χ4v) is 3.59. The molecule has 1 amide bonds. The molecule has 0 aliphatic heterocycles. The first-order valence-electron chi connectivity index (χ1n) is 8.94. The summed E-state index contributed by atoms with van der Waals surface area (Å²) < 4.78 is 7.50. The van der Waals surface area contributed by atoms with E-state index in [0.29, 0.717) is 22.4 Å². The number of amides is 1. The van der Waals surface area contributed by atoms with E-state index in [1.165, 1.54) is 16.4 Å². The zero-order valence-electron chi connectivity index (χ0n) is 16.0. The van der Waals surface area contributed by atoms with Gasteiger partial charge in [0, 0.05) is 17.3 Å². The summed E-state index contributed by atoms with van der Waals surface area (Å²) in [6.07, 6.45) is 1.81. The molecular formula is C20H22ClN3O3S. The highest BCUT2D eigenvalue weighted by Gasteiger charge is 2.25. The van der Waals surface area contributed by atoms with Gasteiger partial charge in [-0.05, 0) is 62.0 Å². The molecule has 2 heterocycles. The van der Waals surface area contributed by atoms with Crippen molar-refractivity contribution in [1.82, 2.24) is 14.8 Å². The highest BCUT2D eigenvalue weighted by atomic mass is 35.5. The predicted octanol–water partition coefficient (Wildman–Crippen LogP) is 4.76. The average Bonchev–Trinajstić information content (AvgIpc) is 3.33. The van der Waals surface area contributed by atoms with Gasteiger partial charge in [0.2, 0.25) is 5.88 Å². The maximum absolute atomic E-state index is 12.8. The van der Waals surface area contributed by atoms with Crippen LogP contribution < -0.4 is 4.74 Å². The summed E-state index contributed by atoms with van der Waals surface area (Å²) in [7, 11) is 0. The third-order valence-electron chi connectivity index (χ3n) is 4.05. The third-order valence-corrected chi connectivity index (χ3v) is 5.31. The quantitative estimate of drug-likeness (QED) is 0.494. The van der Waals surface area contributed by atoms with E-state index in [4.69, 9.17) is 21.2 Å². The molecule has 0 fully saturated rings. The van der Waals surface area contributed by atoms with Gasteiger partial charge in [0.05, 0.1) is 23.2 Å². The molecule has 0 bridgehead atoms. The Morgan fingerprint density at radius 1 is 1.29 bits per heavy atom. The van der Waals surface area contributed by atoms with Crippen LogP contribution in [-0.2, 0) is 4.84 Å². The minimum Gasteiger partial charge on any atom is -0.474 e. The van der Waals surface area contributed by atoms with E-state index < -0.39 is 0 Å².